The van der Waals surface area contributed by atoms with E-state index in [1.54, 1.807) is 4.90 Å². The second-order valence-corrected chi connectivity index (χ2v) is 7.32. The molecule has 0 fully saturated rings. The van der Waals surface area contributed by atoms with Gasteiger partial charge in [-0.15, -0.1) is 0 Å². The van der Waals surface area contributed by atoms with E-state index in [9.17, 15) is 4.79 Å². The standard InChI is InChI=1S/C25H33NO7/c1-3-26(4-2)25(27)19-31-20-17-32-23-11-7-5-9-21(23)29-15-13-28-14-16-30-22-10-6-8-12-24(22)33-18-20/h5-12,20H,3-4,13-19H2,1-2H3. The maximum absolute atomic E-state index is 12.4. The van der Waals surface area contributed by atoms with E-state index in [1.807, 2.05) is 62.4 Å². The molecule has 0 unspecified atom stereocenters. The lowest BCUT2D eigenvalue weighted by Gasteiger charge is -2.23. The van der Waals surface area contributed by atoms with Crippen LogP contribution in [0.4, 0.5) is 0 Å². The van der Waals surface area contributed by atoms with Crippen molar-refractivity contribution in [3.8, 4) is 23.0 Å². The van der Waals surface area contributed by atoms with Gasteiger partial charge >= 0.3 is 0 Å². The molecule has 1 aliphatic heterocycles. The molecule has 3 rings (SSSR count). The summed E-state index contributed by atoms with van der Waals surface area (Å²) in [5.74, 6) is 2.36. The molecule has 0 saturated carbocycles. The zero-order chi connectivity index (χ0) is 23.3. The molecule has 0 N–H and O–H groups in total. The third-order valence-corrected chi connectivity index (χ3v) is 5.08. The quantitative estimate of drug-likeness (QED) is 0.680. The molecule has 2 aromatic carbocycles. The monoisotopic (exact) mass is 459 g/mol. The summed E-state index contributed by atoms with van der Waals surface area (Å²) in [6.45, 7) is 7.10. The maximum atomic E-state index is 12.4. The van der Waals surface area contributed by atoms with Crippen molar-refractivity contribution in [3.05, 3.63) is 48.5 Å². The second-order valence-electron chi connectivity index (χ2n) is 7.32. The van der Waals surface area contributed by atoms with Gasteiger partial charge < -0.3 is 33.3 Å². The summed E-state index contributed by atoms with van der Waals surface area (Å²) in [6, 6.07) is 14.9. The van der Waals surface area contributed by atoms with Crippen LogP contribution in [0.2, 0.25) is 0 Å². The Morgan fingerprint density at radius 2 is 1.24 bits per heavy atom. The van der Waals surface area contributed by atoms with Crippen LogP contribution in [-0.4, -0.2) is 76.2 Å². The lowest BCUT2D eigenvalue weighted by Crippen LogP contribution is -2.37. The number of carbonyl (C=O) groups is 1. The summed E-state index contributed by atoms with van der Waals surface area (Å²) in [7, 11) is 0. The van der Waals surface area contributed by atoms with E-state index in [0.717, 1.165) is 0 Å². The van der Waals surface area contributed by atoms with Gasteiger partial charge in [0.1, 0.15) is 39.1 Å². The summed E-state index contributed by atoms with van der Waals surface area (Å²) >= 11 is 0. The SMILES string of the molecule is CCN(CC)C(=O)COC1COc2ccccc2OCCOCCOc2ccccc2OC1. The Morgan fingerprint density at radius 1 is 0.788 bits per heavy atom. The van der Waals surface area contributed by atoms with Crippen molar-refractivity contribution in [2.75, 3.05) is 59.3 Å². The van der Waals surface area contributed by atoms with Gasteiger partial charge in [-0.3, -0.25) is 4.79 Å². The number of likely N-dealkylation sites (N-methyl/N-ethyl adjacent to an activating group) is 1. The fourth-order valence-electron chi connectivity index (χ4n) is 3.27. The molecule has 1 heterocycles. The van der Waals surface area contributed by atoms with Gasteiger partial charge in [0.15, 0.2) is 23.0 Å². The van der Waals surface area contributed by atoms with Gasteiger partial charge in [0.05, 0.1) is 13.2 Å². The maximum Gasteiger partial charge on any atom is 0.248 e. The number of amides is 1. The van der Waals surface area contributed by atoms with Crippen molar-refractivity contribution in [2.45, 2.75) is 20.0 Å². The van der Waals surface area contributed by atoms with Crippen molar-refractivity contribution in [2.24, 2.45) is 0 Å². The first-order valence-corrected chi connectivity index (χ1v) is 11.4. The summed E-state index contributed by atoms with van der Waals surface area (Å²) in [5, 5.41) is 0. The van der Waals surface area contributed by atoms with E-state index >= 15 is 0 Å². The van der Waals surface area contributed by atoms with E-state index in [4.69, 9.17) is 28.4 Å². The minimum Gasteiger partial charge on any atom is -0.487 e. The molecule has 2 aromatic rings. The van der Waals surface area contributed by atoms with E-state index < -0.39 is 6.10 Å². The first-order valence-electron chi connectivity index (χ1n) is 11.4. The van der Waals surface area contributed by atoms with Crippen LogP contribution in [0, 0.1) is 0 Å². The van der Waals surface area contributed by atoms with Gasteiger partial charge in [0.2, 0.25) is 5.91 Å². The molecule has 8 heteroatoms. The average molecular weight is 460 g/mol. The minimum atomic E-state index is -0.484. The molecule has 8 nitrogen and oxygen atoms in total. The van der Waals surface area contributed by atoms with Crippen molar-refractivity contribution in [1.82, 2.24) is 4.90 Å². The zero-order valence-electron chi connectivity index (χ0n) is 19.4. The molecule has 0 radical (unpaired) electrons. The number of hydrogen-bond acceptors (Lipinski definition) is 7. The van der Waals surface area contributed by atoms with Crippen molar-refractivity contribution < 1.29 is 33.2 Å². The smallest absolute Gasteiger partial charge is 0.248 e. The molecule has 180 valence electrons. The highest BCUT2D eigenvalue weighted by Crippen LogP contribution is 2.28. The van der Waals surface area contributed by atoms with E-state index in [-0.39, 0.29) is 25.7 Å². The highest BCUT2D eigenvalue weighted by atomic mass is 16.6. The lowest BCUT2D eigenvalue weighted by molar-refractivity contribution is -0.139. The summed E-state index contributed by atoms with van der Waals surface area (Å²) < 4.78 is 35.2. The molecule has 0 atom stereocenters. The van der Waals surface area contributed by atoms with E-state index in [0.29, 0.717) is 62.5 Å². The number of hydrogen-bond donors (Lipinski definition) is 0. The zero-order valence-corrected chi connectivity index (χ0v) is 19.4. The van der Waals surface area contributed by atoms with Gasteiger partial charge in [0, 0.05) is 13.1 Å². The van der Waals surface area contributed by atoms with Crippen LogP contribution in [0.1, 0.15) is 13.8 Å². The van der Waals surface area contributed by atoms with Gasteiger partial charge in [-0.05, 0) is 38.1 Å². The van der Waals surface area contributed by atoms with Gasteiger partial charge in [0.25, 0.3) is 0 Å². The molecule has 1 amide bonds. The topological polar surface area (TPSA) is 75.7 Å². The highest BCUT2D eigenvalue weighted by Gasteiger charge is 2.18. The number of para-hydroxylation sites is 4. The largest absolute Gasteiger partial charge is 0.487 e. The molecular weight excluding hydrogens is 426 g/mol. The molecule has 0 spiro atoms. The molecule has 0 saturated heterocycles. The summed E-state index contributed by atoms with van der Waals surface area (Å²) in [6.07, 6.45) is -0.484. The second kappa shape index (κ2) is 13.5. The van der Waals surface area contributed by atoms with Crippen molar-refractivity contribution in [1.29, 1.82) is 0 Å². The van der Waals surface area contributed by atoms with Crippen LogP contribution in [0.5, 0.6) is 23.0 Å². The molecule has 33 heavy (non-hydrogen) atoms. The number of ether oxygens (including phenoxy) is 6. The Labute approximate surface area is 195 Å². The molecular formula is C25H33NO7. The normalized spacial score (nSPS) is 15.6. The average Bonchev–Trinajstić information content (AvgIpc) is 2.84. The van der Waals surface area contributed by atoms with Crippen LogP contribution in [0.15, 0.2) is 48.5 Å². The molecule has 1 aliphatic rings. The predicted molar refractivity (Wildman–Crippen MR) is 123 cm³/mol. The fourth-order valence-corrected chi connectivity index (χ4v) is 3.27. The number of carbonyl (C=O) groups excluding carboxylic acids is 1. The van der Waals surface area contributed by atoms with Crippen molar-refractivity contribution >= 4 is 5.91 Å². The Morgan fingerprint density at radius 3 is 1.70 bits per heavy atom. The first kappa shape index (κ1) is 24.7. The Hall–Kier alpha value is -2.97. The van der Waals surface area contributed by atoms with Crippen molar-refractivity contribution in [3.63, 3.8) is 0 Å². The van der Waals surface area contributed by atoms with E-state index in [1.165, 1.54) is 0 Å². The van der Waals surface area contributed by atoms with Crippen LogP contribution in [0.25, 0.3) is 0 Å². The Bertz CT molecular complexity index is 801. The highest BCUT2D eigenvalue weighted by molar-refractivity contribution is 5.77. The summed E-state index contributed by atoms with van der Waals surface area (Å²) in [5.41, 5.74) is 0. The third-order valence-electron chi connectivity index (χ3n) is 5.08. The van der Waals surface area contributed by atoms with Gasteiger partial charge in [-0.1, -0.05) is 24.3 Å². The lowest BCUT2D eigenvalue weighted by atomic mass is 10.3. The van der Waals surface area contributed by atoms with Gasteiger partial charge in [-0.2, -0.15) is 0 Å². The molecule has 0 aromatic heterocycles. The van der Waals surface area contributed by atoms with Crippen LogP contribution in [0.3, 0.4) is 0 Å². The summed E-state index contributed by atoms with van der Waals surface area (Å²) in [4.78, 5) is 14.2. The Balaban J connectivity index is 1.73. The Kier molecular flexibility index (Phi) is 10.1. The number of fused-ring (bicyclic) bond motifs is 2. The number of rotatable bonds is 5. The van der Waals surface area contributed by atoms with Crippen LogP contribution in [-0.2, 0) is 14.3 Å². The minimum absolute atomic E-state index is 0.0489. The van der Waals surface area contributed by atoms with E-state index in [2.05, 4.69) is 0 Å². The van der Waals surface area contributed by atoms with Gasteiger partial charge in [-0.25, -0.2) is 0 Å². The number of nitrogens with zero attached hydrogens (tertiary/aromatic N) is 1. The molecule has 0 bridgehead atoms. The third kappa shape index (κ3) is 7.83. The van der Waals surface area contributed by atoms with Crippen LogP contribution < -0.4 is 18.9 Å². The number of benzene rings is 2. The van der Waals surface area contributed by atoms with Crippen LogP contribution >= 0.6 is 0 Å². The first-order chi connectivity index (χ1) is 16.2. The predicted octanol–water partition coefficient (Wildman–Crippen LogP) is 3.19. The molecule has 0 aliphatic carbocycles. The fraction of sp³-hybridized carbons (Fsp3) is 0.480.